The molecule has 1 N–H and O–H groups in total. The minimum Gasteiger partial charge on any atom is -0.307 e. The Morgan fingerprint density at radius 3 is 2.27 bits per heavy atom. The summed E-state index contributed by atoms with van der Waals surface area (Å²) < 4.78 is 0. The van der Waals surface area contributed by atoms with E-state index >= 15 is 0 Å². The number of amides is 1. The van der Waals surface area contributed by atoms with Crippen molar-refractivity contribution in [3.8, 4) is 11.3 Å². The van der Waals surface area contributed by atoms with Gasteiger partial charge in [-0.1, -0.05) is 43.9 Å². The molecule has 5 heteroatoms. The van der Waals surface area contributed by atoms with Gasteiger partial charge in [-0.3, -0.25) is 9.78 Å². The molecule has 0 spiro atoms. The van der Waals surface area contributed by atoms with Gasteiger partial charge < -0.3 is 5.32 Å². The molecule has 0 aliphatic carbocycles. The Kier molecular flexibility index (Phi) is 5.00. The lowest BCUT2D eigenvalue weighted by Crippen LogP contribution is -2.37. The van der Waals surface area contributed by atoms with E-state index < -0.39 is 8.07 Å². The molecule has 1 aromatic carbocycles. The summed E-state index contributed by atoms with van der Waals surface area (Å²) >= 11 is 0. The van der Waals surface area contributed by atoms with Crippen LogP contribution in [0.25, 0.3) is 11.3 Å². The summed E-state index contributed by atoms with van der Waals surface area (Å²) in [7, 11) is -1.38. The third kappa shape index (κ3) is 4.06. The van der Waals surface area contributed by atoms with Crippen LogP contribution in [0.5, 0.6) is 0 Å². The van der Waals surface area contributed by atoms with Crippen LogP contribution in [0.1, 0.15) is 15.9 Å². The highest BCUT2D eigenvalue weighted by Crippen LogP contribution is 2.21. The first-order chi connectivity index (χ1) is 12.3. The van der Waals surface area contributed by atoms with E-state index in [4.69, 9.17) is 0 Å². The standard InChI is InChI=1S/C21H23N3OSi/c1-15-6-5-13-22-20(15)16-7-9-17(10-8-16)21(25)24-19-12-11-18(14-23-19)26(2,3)4/h5-14H,1-4H3,(H,23,24,25). The minimum absolute atomic E-state index is 0.164. The summed E-state index contributed by atoms with van der Waals surface area (Å²) in [6.07, 6.45) is 3.65. The predicted molar refractivity (Wildman–Crippen MR) is 110 cm³/mol. The first-order valence-corrected chi connectivity index (χ1v) is 12.1. The van der Waals surface area contributed by atoms with Crippen molar-refractivity contribution in [2.75, 3.05) is 5.32 Å². The van der Waals surface area contributed by atoms with Crippen molar-refractivity contribution in [1.29, 1.82) is 0 Å². The van der Waals surface area contributed by atoms with Gasteiger partial charge in [0.05, 0.1) is 13.8 Å². The molecule has 0 atom stereocenters. The molecule has 0 bridgehead atoms. The Morgan fingerprint density at radius 2 is 1.69 bits per heavy atom. The summed E-state index contributed by atoms with van der Waals surface area (Å²) in [5.41, 5.74) is 3.63. The Hall–Kier alpha value is -2.79. The number of carbonyl (C=O) groups excluding carboxylic acids is 1. The van der Waals surface area contributed by atoms with E-state index in [9.17, 15) is 4.79 Å². The summed E-state index contributed by atoms with van der Waals surface area (Å²) in [5, 5.41) is 4.13. The number of nitrogens with one attached hydrogen (secondary N) is 1. The van der Waals surface area contributed by atoms with Crippen molar-refractivity contribution >= 4 is 25.0 Å². The molecular formula is C21H23N3OSi. The molecule has 1 amide bonds. The van der Waals surface area contributed by atoms with Crippen LogP contribution in [0.4, 0.5) is 5.82 Å². The topological polar surface area (TPSA) is 54.9 Å². The first-order valence-electron chi connectivity index (χ1n) is 8.64. The minimum atomic E-state index is -1.38. The quantitative estimate of drug-likeness (QED) is 0.707. The Balaban J connectivity index is 1.73. The molecule has 0 radical (unpaired) electrons. The van der Waals surface area contributed by atoms with Crippen LogP contribution in [0.15, 0.2) is 60.9 Å². The summed E-state index contributed by atoms with van der Waals surface area (Å²) in [5.74, 6) is 0.407. The van der Waals surface area contributed by atoms with Gasteiger partial charge in [0.25, 0.3) is 5.91 Å². The molecule has 26 heavy (non-hydrogen) atoms. The van der Waals surface area contributed by atoms with Crippen molar-refractivity contribution in [1.82, 2.24) is 9.97 Å². The van der Waals surface area contributed by atoms with Crippen molar-refractivity contribution < 1.29 is 4.79 Å². The molecule has 0 fully saturated rings. The summed E-state index contributed by atoms with van der Waals surface area (Å²) in [4.78, 5) is 21.2. The third-order valence-corrected chi connectivity index (χ3v) is 6.33. The molecule has 0 aliphatic heterocycles. The predicted octanol–water partition coefficient (Wildman–Crippen LogP) is 4.25. The molecular weight excluding hydrogens is 338 g/mol. The van der Waals surface area contributed by atoms with E-state index in [1.807, 2.05) is 55.6 Å². The van der Waals surface area contributed by atoms with E-state index in [0.717, 1.165) is 16.8 Å². The van der Waals surface area contributed by atoms with Gasteiger partial charge in [-0.2, -0.15) is 0 Å². The maximum Gasteiger partial charge on any atom is 0.256 e. The monoisotopic (exact) mass is 361 g/mol. The van der Waals surface area contributed by atoms with Gasteiger partial charge in [-0.15, -0.1) is 0 Å². The Labute approximate surface area is 155 Å². The van der Waals surface area contributed by atoms with Gasteiger partial charge in [0, 0.05) is 23.5 Å². The molecule has 0 unspecified atom stereocenters. The lowest BCUT2D eigenvalue weighted by atomic mass is 10.0. The van der Waals surface area contributed by atoms with Gasteiger partial charge in [-0.05, 0) is 41.9 Å². The van der Waals surface area contributed by atoms with Crippen LogP contribution < -0.4 is 10.5 Å². The number of anilines is 1. The van der Waals surface area contributed by atoms with E-state index in [-0.39, 0.29) is 5.91 Å². The van der Waals surface area contributed by atoms with Crippen molar-refractivity contribution in [3.63, 3.8) is 0 Å². The molecule has 2 aromatic heterocycles. The molecule has 0 aliphatic rings. The zero-order valence-corrected chi connectivity index (χ0v) is 16.6. The van der Waals surface area contributed by atoms with Crippen molar-refractivity contribution in [3.05, 3.63) is 72.1 Å². The van der Waals surface area contributed by atoms with Crippen LogP contribution in [-0.4, -0.2) is 23.9 Å². The average molecular weight is 362 g/mol. The van der Waals surface area contributed by atoms with E-state index in [1.165, 1.54) is 5.19 Å². The largest absolute Gasteiger partial charge is 0.307 e. The number of benzene rings is 1. The highest BCUT2D eigenvalue weighted by molar-refractivity contribution is 6.88. The fourth-order valence-electron chi connectivity index (χ4n) is 2.67. The SMILES string of the molecule is Cc1cccnc1-c1ccc(C(=O)Nc2ccc([Si](C)(C)C)cn2)cc1. The number of hydrogen-bond acceptors (Lipinski definition) is 3. The van der Waals surface area contributed by atoms with E-state index in [0.29, 0.717) is 11.4 Å². The normalized spacial score (nSPS) is 11.2. The second kappa shape index (κ2) is 7.21. The number of carbonyl (C=O) groups is 1. The maximum atomic E-state index is 12.5. The van der Waals surface area contributed by atoms with Gasteiger partial charge >= 0.3 is 0 Å². The van der Waals surface area contributed by atoms with Gasteiger partial charge in [-0.25, -0.2) is 4.98 Å². The van der Waals surface area contributed by atoms with Gasteiger partial charge in [0.1, 0.15) is 5.82 Å². The van der Waals surface area contributed by atoms with Crippen molar-refractivity contribution in [2.45, 2.75) is 26.6 Å². The second-order valence-corrected chi connectivity index (χ2v) is 12.5. The lowest BCUT2D eigenvalue weighted by molar-refractivity contribution is 0.102. The fourth-order valence-corrected chi connectivity index (χ4v) is 3.70. The molecule has 3 aromatic rings. The zero-order valence-electron chi connectivity index (χ0n) is 15.6. The van der Waals surface area contributed by atoms with E-state index in [1.54, 1.807) is 6.20 Å². The third-order valence-electron chi connectivity index (χ3n) is 4.30. The molecule has 3 rings (SSSR count). The van der Waals surface area contributed by atoms with Crippen LogP contribution >= 0.6 is 0 Å². The number of aromatic nitrogens is 2. The average Bonchev–Trinajstić information content (AvgIpc) is 2.62. The highest BCUT2D eigenvalue weighted by Gasteiger charge is 2.16. The van der Waals surface area contributed by atoms with Crippen LogP contribution in [-0.2, 0) is 0 Å². The Bertz CT molecular complexity index is 913. The summed E-state index contributed by atoms with van der Waals surface area (Å²) in [6, 6.07) is 15.3. The van der Waals surface area contributed by atoms with Gasteiger partial charge in [0.15, 0.2) is 0 Å². The van der Waals surface area contributed by atoms with Crippen LogP contribution in [0.3, 0.4) is 0 Å². The molecule has 2 heterocycles. The number of aryl methyl sites for hydroxylation is 1. The zero-order chi connectivity index (χ0) is 18.7. The Morgan fingerprint density at radius 1 is 0.962 bits per heavy atom. The van der Waals surface area contributed by atoms with Gasteiger partial charge in [0.2, 0.25) is 0 Å². The first kappa shape index (κ1) is 18.0. The molecule has 0 saturated heterocycles. The van der Waals surface area contributed by atoms with E-state index in [2.05, 4.69) is 41.0 Å². The molecule has 4 nitrogen and oxygen atoms in total. The van der Waals surface area contributed by atoms with Crippen LogP contribution in [0.2, 0.25) is 19.6 Å². The van der Waals surface area contributed by atoms with Crippen LogP contribution in [0, 0.1) is 6.92 Å². The smallest absolute Gasteiger partial charge is 0.256 e. The van der Waals surface area contributed by atoms with Crippen molar-refractivity contribution in [2.24, 2.45) is 0 Å². The highest BCUT2D eigenvalue weighted by atomic mass is 28.3. The number of rotatable bonds is 4. The molecule has 132 valence electrons. The number of pyridine rings is 2. The summed E-state index contributed by atoms with van der Waals surface area (Å²) in [6.45, 7) is 8.84. The second-order valence-electron chi connectivity index (χ2n) is 7.38. The fraction of sp³-hybridized carbons (Fsp3) is 0.190. The molecule has 0 saturated carbocycles. The number of nitrogens with zero attached hydrogens (tertiary/aromatic N) is 2. The maximum absolute atomic E-state index is 12.5. The lowest BCUT2D eigenvalue weighted by Gasteiger charge is -2.16. The number of hydrogen-bond donors (Lipinski definition) is 1.